The zero-order valence-electron chi connectivity index (χ0n) is 14.3. The second-order valence-corrected chi connectivity index (χ2v) is 6.75. The lowest BCUT2D eigenvalue weighted by atomic mass is 10.1. The highest BCUT2D eigenvalue weighted by molar-refractivity contribution is 7.09. The topological polar surface area (TPSA) is 56.1 Å². The summed E-state index contributed by atoms with van der Waals surface area (Å²) in [6, 6.07) is 5.54. The minimum atomic E-state index is -4.50. The Bertz CT molecular complexity index is 811. The molecule has 0 amide bonds. The average molecular weight is 381 g/mol. The highest BCUT2D eigenvalue weighted by Crippen LogP contribution is 2.37. The van der Waals surface area contributed by atoms with Crippen molar-refractivity contribution in [2.75, 3.05) is 36.0 Å². The van der Waals surface area contributed by atoms with Crippen LogP contribution in [-0.2, 0) is 12.6 Å². The molecule has 2 aromatic rings. The van der Waals surface area contributed by atoms with Crippen LogP contribution in [0.5, 0.6) is 0 Å². The second kappa shape index (κ2) is 7.50. The van der Waals surface area contributed by atoms with Crippen LogP contribution in [0.3, 0.4) is 0 Å². The summed E-state index contributed by atoms with van der Waals surface area (Å²) in [5.74, 6) is 0.789. The molecule has 1 saturated heterocycles. The van der Waals surface area contributed by atoms with Crippen LogP contribution in [-0.4, -0.2) is 35.5 Å². The van der Waals surface area contributed by atoms with Crippen LogP contribution in [0, 0.1) is 11.3 Å². The molecule has 138 valence electrons. The monoisotopic (exact) mass is 381 g/mol. The lowest BCUT2D eigenvalue weighted by molar-refractivity contribution is -0.137. The van der Waals surface area contributed by atoms with E-state index in [2.05, 4.69) is 14.3 Å². The average Bonchev–Trinajstić information content (AvgIpc) is 2.97. The Morgan fingerprint density at radius 1 is 1.19 bits per heavy atom. The quantitative estimate of drug-likeness (QED) is 0.811. The Kier molecular flexibility index (Phi) is 5.32. The van der Waals surface area contributed by atoms with Gasteiger partial charge in [-0.2, -0.15) is 22.8 Å². The van der Waals surface area contributed by atoms with Crippen molar-refractivity contribution in [2.24, 2.45) is 0 Å². The normalized spacial score (nSPS) is 15.7. The number of alkyl halides is 3. The summed E-state index contributed by atoms with van der Waals surface area (Å²) in [4.78, 5) is 8.29. The standard InChI is InChI=1S/C17H18F3N5S/c1-2-15-22-16(26-23-15)25-7-3-6-24(8-9-25)14-5-4-12(11-21)10-13(14)17(18,19)20/h4-5,10H,2-3,6-9H2,1H3. The highest BCUT2D eigenvalue weighted by atomic mass is 32.1. The molecule has 1 aromatic heterocycles. The molecule has 0 saturated carbocycles. The minimum absolute atomic E-state index is 0.0125. The van der Waals surface area contributed by atoms with E-state index in [9.17, 15) is 13.2 Å². The minimum Gasteiger partial charge on any atom is -0.369 e. The van der Waals surface area contributed by atoms with Crippen LogP contribution in [0.4, 0.5) is 24.0 Å². The summed E-state index contributed by atoms with van der Waals surface area (Å²) in [5.41, 5.74) is -0.613. The first-order chi connectivity index (χ1) is 12.4. The summed E-state index contributed by atoms with van der Waals surface area (Å²) in [6.07, 6.45) is -3.02. The number of hydrogen-bond acceptors (Lipinski definition) is 6. The summed E-state index contributed by atoms with van der Waals surface area (Å²) in [6.45, 7) is 4.27. The van der Waals surface area contributed by atoms with E-state index in [4.69, 9.17) is 5.26 Å². The van der Waals surface area contributed by atoms with E-state index in [1.807, 2.05) is 6.92 Å². The third-order valence-electron chi connectivity index (χ3n) is 4.31. The molecule has 0 N–H and O–H groups in total. The molecule has 1 aliphatic heterocycles. The smallest absolute Gasteiger partial charge is 0.369 e. The molecule has 0 spiro atoms. The van der Waals surface area contributed by atoms with Gasteiger partial charge in [0, 0.05) is 49.8 Å². The first-order valence-electron chi connectivity index (χ1n) is 8.36. The molecule has 1 aliphatic rings. The van der Waals surface area contributed by atoms with Crippen LogP contribution >= 0.6 is 11.5 Å². The van der Waals surface area contributed by atoms with Gasteiger partial charge in [-0.25, -0.2) is 4.98 Å². The maximum Gasteiger partial charge on any atom is 0.418 e. The molecule has 9 heteroatoms. The van der Waals surface area contributed by atoms with Crippen LogP contribution < -0.4 is 9.80 Å². The molecule has 3 rings (SSSR count). The van der Waals surface area contributed by atoms with Crippen molar-refractivity contribution in [1.29, 1.82) is 5.26 Å². The predicted molar refractivity (Wildman–Crippen MR) is 94.5 cm³/mol. The van der Waals surface area contributed by atoms with Crippen molar-refractivity contribution in [1.82, 2.24) is 9.36 Å². The highest BCUT2D eigenvalue weighted by Gasteiger charge is 2.35. The van der Waals surface area contributed by atoms with Gasteiger partial charge in [0.05, 0.1) is 17.2 Å². The lowest BCUT2D eigenvalue weighted by Gasteiger charge is -2.26. The van der Waals surface area contributed by atoms with Gasteiger partial charge in [0.2, 0.25) is 5.13 Å². The number of hydrogen-bond donors (Lipinski definition) is 0. The van der Waals surface area contributed by atoms with Gasteiger partial charge in [-0.05, 0) is 24.6 Å². The van der Waals surface area contributed by atoms with E-state index in [0.29, 0.717) is 19.6 Å². The zero-order chi connectivity index (χ0) is 18.7. The Morgan fingerprint density at radius 3 is 2.58 bits per heavy atom. The van der Waals surface area contributed by atoms with Gasteiger partial charge in [0.25, 0.3) is 0 Å². The van der Waals surface area contributed by atoms with Gasteiger partial charge in [0.1, 0.15) is 5.82 Å². The SMILES string of the molecule is CCc1nsc(N2CCCN(c3ccc(C#N)cc3C(F)(F)F)CC2)n1. The largest absolute Gasteiger partial charge is 0.418 e. The molecule has 1 aromatic carbocycles. The summed E-state index contributed by atoms with van der Waals surface area (Å²) in [7, 11) is 0. The van der Waals surface area contributed by atoms with Gasteiger partial charge in [-0.3, -0.25) is 0 Å². The fraction of sp³-hybridized carbons (Fsp3) is 0.471. The number of nitrogens with zero attached hydrogens (tertiary/aromatic N) is 5. The summed E-state index contributed by atoms with van der Waals surface area (Å²) < 4.78 is 44.6. The Hall–Kier alpha value is -2.34. The van der Waals surface area contributed by atoms with Crippen molar-refractivity contribution in [3.8, 4) is 6.07 Å². The first kappa shape index (κ1) is 18.5. The maximum atomic E-state index is 13.4. The second-order valence-electron chi connectivity index (χ2n) is 6.02. The molecular formula is C17H18F3N5S. The molecule has 1 fully saturated rings. The van der Waals surface area contributed by atoms with Gasteiger partial charge in [-0.1, -0.05) is 6.92 Å². The van der Waals surface area contributed by atoms with Crippen LogP contribution in [0.2, 0.25) is 0 Å². The fourth-order valence-electron chi connectivity index (χ4n) is 2.97. The molecule has 0 atom stereocenters. The van der Waals surface area contributed by atoms with Crippen molar-refractivity contribution in [3.63, 3.8) is 0 Å². The van der Waals surface area contributed by atoms with Crippen LogP contribution in [0.25, 0.3) is 0 Å². The van der Waals surface area contributed by atoms with Crippen molar-refractivity contribution < 1.29 is 13.2 Å². The van der Waals surface area contributed by atoms with Crippen molar-refractivity contribution in [3.05, 3.63) is 35.2 Å². The Morgan fingerprint density at radius 2 is 1.92 bits per heavy atom. The van der Waals surface area contributed by atoms with Gasteiger partial charge in [0.15, 0.2) is 0 Å². The number of benzene rings is 1. The van der Waals surface area contributed by atoms with Gasteiger partial charge < -0.3 is 9.80 Å². The fourth-order valence-corrected chi connectivity index (χ4v) is 3.78. The first-order valence-corrected chi connectivity index (χ1v) is 9.13. The Balaban J connectivity index is 1.82. The summed E-state index contributed by atoms with van der Waals surface area (Å²) in [5, 5.41) is 9.73. The number of nitriles is 1. The van der Waals surface area contributed by atoms with E-state index in [1.165, 1.54) is 23.7 Å². The molecule has 0 unspecified atom stereocenters. The molecule has 0 radical (unpaired) electrons. The van der Waals surface area contributed by atoms with Crippen molar-refractivity contribution in [2.45, 2.75) is 25.9 Å². The van der Waals surface area contributed by atoms with Crippen molar-refractivity contribution >= 4 is 22.4 Å². The Labute approximate surface area is 153 Å². The zero-order valence-corrected chi connectivity index (χ0v) is 15.1. The molecule has 5 nitrogen and oxygen atoms in total. The van der Waals surface area contributed by atoms with Crippen LogP contribution in [0.1, 0.15) is 30.3 Å². The number of aromatic nitrogens is 2. The third kappa shape index (κ3) is 3.90. The van der Waals surface area contributed by atoms with Crippen LogP contribution in [0.15, 0.2) is 18.2 Å². The molecule has 26 heavy (non-hydrogen) atoms. The lowest BCUT2D eigenvalue weighted by Crippen LogP contribution is -2.32. The molecule has 0 aliphatic carbocycles. The van der Waals surface area contributed by atoms with E-state index >= 15 is 0 Å². The third-order valence-corrected chi connectivity index (χ3v) is 5.13. The van der Waals surface area contributed by atoms with Gasteiger partial charge >= 0.3 is 6.18 Å². The van der Waals surface area contributed by atoms with E-state index in [0.717, 1.165) is 36.4 Å². The van der Waals surface area contributed by atoms with E-state index < -0.39 is 11.7 Å². The molecular weight excluding hydrogens is 363 g/mol. The molecule has 0 bridgehead atoms. The molecule has 2 heterocycles. The van der Waals surface area contributed by atoms with E-state index in [1.54, 1.807) is 11.0 Å². The number of rotatable bonds is 3. The maximum absolute atomic E-state index is 13.4. The number of aryl methyl sites for hydroxylation is 1. The predicted octanol–water partition coefficient (Wildman–Crippen LogP) is 3.71. The van der Waals surface area contributed by atoms with Gasteiger partial charge in [-0.15, -0.1) is 0 Å². The van der Waals surface area contributed by atoms with E-state index in [-0.39, 0.29) is 11.3 Å². The number of halogens is 3. The summed E-state index contributed by atoms with van der Waals surface area (Å²) >= 11 is 1.33. The number of anilines is 2.